The first-order valence-corrected chi connectivity index (χ1v) is 10.0. The average molecular weight is 435 g/mol. The van der Waals surface area contributed by atoms with Crippen LogP contribution in [-0.4, -0.2) is 39.5 Å². The first-order chi connectivity index (χ1) is 15.3. The molecule has 5 N–H and O–H groups in total. The van der Waals surface area contributed by atoms with E-state index in [9.17, 15) is 19.1 Å². The van der Waals surface area contributed by atoms with Gasteiger partial charge in [0.05, 0.1) is 11.3 Å². The van der Waals surface area contributed by atoms with Crippen LogP contribution in [0.2, 0.25) is 0 Å². The molecule has 32 heavy (non-hydrogen) atoms. The normalized spacial score (nSPS) is 18.1. The van der Waals surface area contributed by atoms with E-state index in [1.807, 2.05) is 0 Å². The Hall–Kier alpha value is -3.69. The SMILES string of the molecule is CC1(O)C(=O)Nc2ncnc(-c3cccc(C(=O)N[C@H](CN)Cc4cccc(F)c4)c3)c21. The van der Waals surface area contributed by atoms with Gasteiger partial charge in [0.1, 0.15) is 18.0 Å². The van der Waals surface area contributed by atoms with Gasteiger partial charge >= 0.3 is 0 Å². The highest BCUT2D eigenvalue weighted by Gasteiger charge is 2.44. The molecule has 0 saturated carbocycles. The standard InChI is InChI=1S/C23H22FN5O3/c1-23(32)18-19(26-12-27-20(18)29-22(23)31)14-5-3-6-15(10-14)21(30)28-17(11-25)9-13-4-2-7-16(24)8-13/h2-8,10,12,17,32H,9,11,25H2,1H3,(H,28,30)(H,26,27,29,31)/t17-,23?/m0/s1. The molecule has 9 heteroatoms. The van der Waals surface area contributed by atoms with Crippen molar-refractivity contribution in [1.29, 1.82) is 0 Å². The molecular weight excluding hydrogens is 413 g/mol. The fourth-order valence-electron chi connectivity index (χ4n) is 3.72. The van der Waals surface area contributed by atoms with Crippen LogP contribution < -0.4 is 16.4 Å². The van der Waals surface area contributed by atoms with Crippen LogP contribution in [0, 0.1) is 5.82 Å². The van der Waals surface area contributed by atoms with Crippen molar-refractivity contribution in [2.45, 2.75) is 25.0 Å². The number of amides is 2. The van der Waals surface area contributed by atoms with Crippen molar-refractivity contribution in [3.63, 3.8) is 0 Å². The molecule has 0 bridgehead atoms. The van der Waals surface area contributed by atoms with Crippen LogP contribution >= 0.6 is 0 Å². The van der Waals surface area contributed by atoms with E-state index in [1.54, 1.807) is 36.4 Å². The number of rotatable bonds is 6. The van der Waals surface area contributed by atoms with Crippen molar-refractivity contribution >= 4 is 17.6 Å². The maximum Gasteiger partial charge on any atom is 0.262 e. The molecular formula is C23H22FN5O3. The van der Waals surface area contributed by atoms with Crippen molar-refractivity contribution in [1.82, 2.24) is 15.3 Å². The van der Waals surface area contributed by atoms with Gasteiger partial charge in [0.25, 0.3) is 11.8 Å². The number of aliphatic hydroxyl groups is 1. The van der Waals surface area contributed by atoms with Crippen LogP contribution in [-0.2, 0) is 16.8 Å². The van der Waals surface area contributed by atoms with E-state index < -0.39 is 11.5 Å². The lowest BCUT2D eigenvalue weighted by atomic mass is 9.93. The molecule has 0 saturated heterocycles. The minimum atomic E-state index is -1.79. The van der Waals surface area contributed by atoms with E-state index in [-0.39, 0.29) is 35.7 Å². The summed E-state index contributed by atoms with van der Waals surface area (Å²) in [6.07, 6.45) is 1.67. The summed E-state index contributed by atoms with van der Waals surface area (Å²) in [5.41, 5.74) is 6.26. The summed E-state index contributed by atoms with van der Waals surface area (Å²) in [7, 11) is 0. The van der Waals surface area contributed by atoms with Gasteiger partial charge in [0, 0.05) is 23.7 Å². The van der Waals surface area contributed by atoms with Gasteiger partial charge in [-0.15, -0.1) is 0 Å². The smallest absolute Gasteiger partial charge is 0.262 e. The third-order valence-electron chi connectivity index (χ3n) is 5.40. The summed E-state index contributed by atoms with van der Waals surface area (Å²) < 4.78 is 13.5. The number of anilines is 1. The maximum atomic E-state index is 13.5. The maximum absolute atomic E-state index is 13.5. The summed E-state index contributed by atoms with van der Waals surface area (Å²) in [4.78, 5) is 33.3. The lowest BCUT2D eigenvalue weighted by Crippen LogP contribution is -2.41. The van der Waals surface area contributed by atoms with Gasteiger partial charge in [0.2, 0.25) is 0 Å². The molecule has 1 unspecified atom stereocenters. The monoisotopic (exact) mass is 435 g/mol. The van der Waals surface area contributed by atoms with Gasteiger partial charge < -0.3 is 21.5 Å². The Morgan fingerprint density at radius 2 is 2.03 bits per heavy atom. The number of halogens is 1. The van der Waals surface area contributed by atoms with Crippen LogP contribution in [0.5, 0.6) is 0 Å². The average Bonchev–Trinajstić information content (AvgIpc) is 3.01. The Bertz CT molecular complexity index is 1200. The van der Waals surface area contributed by atoms with Crippen LogP contribution in [0.15, 0.2) is 54.9 Å². The third kappa shape index (κ3) is 4.08. The zero-order valence-electron chi connectivity index (χ0n) is 17.3. The number of nitrogens with two attached hydrogens (primary N) is 1. The van der Waals surface area contributed by atoms with Gasteiger partial charge in [0.15, 0.2) is 5.60 Å². The number of nitrogens with zero attached hydrogens (tertiary/aromatic N) is 2. The van der Waals surface area contributed by atoms with E-state index in [1.165, 1.54) is 25.4 Å². The number of aromatic nitrogens is 2. The molecule has 2 amide bonds. The number of carbonyl (C=O) groups excluding carboxylic acids is 2. The molecule has 1 aliphatic heterocycles. The number of benzene rings is 2. The Morgan fingerprint density at radius 3 is 2.78 bits per heavy atom. The highest BCUT2D eigenvalue weighted by Crippen LogP contribution is 2.39. The number of hydrogen-bond acceptors (Lipinski definition) is 6. The molecule has 8 nitrogen and oxygen atoms in total. The molecule has 2 aromatic carbocycles. The van der Waals surface area contributed by atoms with Crippen LogP contribution in [0.4, 0.5) is 10.2 Å². The molecule has 0 radical (unpaired) electrons. The lowest BCUT2D eigenvalue weighted by molar-refractivity contribution is -0.131. The fourth-order valence-corrected chi connectivity index (χ4v) is 3.72. The summed E-state index contributed by atoms with van der Waals surface area (Å²) >= 11 is 0. The van der Waals surface area contributed by atoms with E-state index in [0.717, 1.165) is 5.56 Å². The molecule has 0 fully saturated rings. The number of carbonyl (C=O) groups is 2. The zero-order valence-corrected chi connectivity index (χ0v) is 17.3. The molecule has 0 aliphatic carbocycles. The lowest BCUT2D eigenvalue weighted by Gasteiger charge is -2.18. The second-order valence-corrected chi connectivity index (χ2v) is 7.79. The molecule has 164 valence electrons. The first kappa shape index (κ1) is 21.5. The second kappa shape index (κ2) is 8.45. The molecule has 3 aromatic rings. The zero-order chi connectivity index (χ0) is 22.9. The van der Waals surface area contributed by atoms with Gasteiger partial charge in [-0.1, -0.05) is 24.3 Å². The number of hydrogen-bond donors (Lipinski definition) is 4. The van der Waals surface area contributed by atoms with E-state index in [4.69, 9.17) is 5.73 Å². The fraction of sp³-hybridized carbons (Fsp3) is 0.217. The van der Waals surface area contributed by atoms with Crippen molar-refractivity contribution in [3.05, 3.63) is 77.4 Å². The molecule has 2 atom stereocenters. The third-order valence-corrected chi connectivity index (χ3v) is 5.40. The van der Waals surface area contributed by atoms with Crippen molar-refractivity contribution < 1.29 is 19.1 Å². The molecule has 4 rings (SSSR count). The first-order valence-electron chi connectivity index (χ1n) is 10.0. The number of nitrogens with one attached hydrogen (secondary N) is 2. The number of fused-ring (bicyclic) bond motifs is 1. The highest BCUT2D eigenvalue weighted by molar-refractivity contribution is 6.05. The molecule has 1 aromatic heterocycles. The molecule has 1 aliphatic rings. The van der Waals surface area contributed by atoms with Crippen molar-refractivity contribution in [2.24, 2.45) is 5.73 Å². The topological polar surface area (TPSA) is 130 Å². The summed E-state index contributed by atoms with van der Waals surface area (Å²) in [5, 5.41) is 16.0. The summed E-state index contributed by atoms with van der Waals surface area (Å²) in [6.45, 7) is 1.55. The quantitative estimate of drug-likeness (QED) is 0.467. The van der Waals surface area contributed by atoms with E-state index in [2.05, 4.69) is 20.6 Å². The van der Waals surface area contributed by atoms with Gasteiger partial charge in [-0.3, -0.25) is 9.59 Å². The van der Waals surface area contributed by atoms with Gasteiger partial charge in [-0.25, -0.2) is 14.4 Å². The second-order valence-electron chi connectivity index (χ2n) is 7.79. The minimum absolute atomic E-state index is 0.179. The van der Waals surface area contributed by atoms with Gasteiger partial charge in [-0.05, 0) is 43.2 Å². The van der Waals surface area contributed by atoms with Crippen LogP contribution in [0.1, 0.15) is 28.4 Å². The highest BCUT2D eigenvalue weighted by atomic mass is 19.1. The van der Waals surface area contributed by atoms with Gasteiger partial charge in [-0.2, -0.15) is 0 Å². The minimum Gasteiger partial charge on any atom is -0.375 e. The predicted molar refractivity (Wildman–Crippen MR) is 116 cm³/mol. The summed E-state index contributed by atoms with van der Waals surface area (Å²) in [6, 6.07) is 12.4. The molecule has 0 spiro atoms. The largest absolute Gasteiger partial charge is 0.375 e. The molecule has 2 heterocycles. The van der Waals surface area contributed by atoms with Crippen molar-refractivity contribution in [3.8, 4) is 11.3 Å². The predicted octanol–water partition coefficient (Wildman–Crippen LogP) is 1.74. The van der Waals surface area contributed by atoms with E-state index in [0.29, 0.717) is 23.2 Å². The Morgan fingerprint density at radius 1 is 1.25 bits per heavy atom. The Kier molecular flexibility index (Phi) is 5.68. The summed E-state index contributed by atoms with van der Waals surface area (Å²) in [5.74, 6) is -1.06. The van der Waals surface area contributed by atoms with Crippen LogP contribution in [0.25, 0.3) is 11.3 Å². The van der Waals surface area contributed by atoms with Crippen LogP contribution in [0.3, 0.4) is 0 Å². The Labute approximate surface area is 183 Å². The Balaban J connectivity index is 1.58. The van der Waals surface area contributed by atoms with E-state index >= 15 is 0 Å². The van der Waals surface area contributed by atoms with Crippen molar-refractivity contribution in [2.75, 3.05) is 11.9 Å².